The van der Waals surface area contributed by atoms with E-state index in [1.165, 1.54) is 18.2 Å². The molecule has 1 heterocycles. The zero-order valence-corrected chi connectivity index (χ0v) is 19.1. The lowest BCUT2D eigenvalue weighted by Crippen LogP contribution is -2.20. The summed E-state index contributed by atoms with van der Waals surface area (Å²) >= 11 is 9.34. The SMILES string of the molecule is Cc1cc(-c2nn(C(=O)c3c(Cl)cccc3C(F)(F)F)c3cc(Br)ccc23)ccc1C(=O)O. The second-order valence-electron chi connectivity index (χ2n) is 7.22. The van der Waals surface area contributed by atoms with Crippen molar-refractivity contribution in [1.29, 1.82) is 0 Å². The summed E-state index contributed by atoms with van der Waals surface area (Å²) in [5.41, 5.74) is -0.221. The number of aromatic carboxylic acids is 1. The van der Waals surface area contributed by atoms with Crippen molar-refractivity contribution in [3.05, 3.63) is 86.3 Å². The maximum absolute atomic E-state index is 13.6. The van der Waals surface area contributed by atoms with Gasteiger partial charge in [-0.05, 0) is 55.0 Å². The molecule has 10 heteroatoms. The summed E-state index contributed by atoms with van der Waals surface area (Å²) in [5.74, 6) is -2.13. The molecule has 0 aliphatic rings. The minimum atomic E-state index is -4.80. The Hall–Kier alpha value is -3.17. The Morgan fingerprint density at radius 2 is 1.82 bits per heavy atom. The van der Waals surface area contributed by atoms with Crippen molar-refractivity contribution in [2.24, 2.45) is 0 Å². The number of alkyl halides is 3. The molecule has 0 unspecified atom stereocenters. The van der Waals surface area contributed by atoms with Crippen molar-refractivity contribution in [2.75, 3.05) is 0 Å². The minimum absolute atomic E-state index is 0.104. The second kappa shape index (κ2) is 8.31. The highest BCUT2D eigenvalue weighted by atomic mass is 79.9. The first kappa shape index (κ1) is 23.0. The Kier molecular flexibility index (Phi) is 5.79. The van der Waals surface area contributed by atoms with E-state index in [-0.39, 0.29) is 16.1 Å². The molecule has 4 rings (SSSR count). The lowest BCUT2D eigenvalue weighted by molar-refractivity contribution is -0.137. The van der Waals surface area contributed by atoms with E-state index in [1.54, 1.807) is 31.2 Å². The molecule has 0 aliphatic carbocycles. The molecule has 33 heavy (non-hydrogen) atoms. The van der Waals surface area contributed by atoms with Crippen LogP contribution < -0.4 is 0 Å². The van der Waals surface area contributed by atoms with Crippen LogP contribution in [0, 0.1) is 6.92 Å². The van der Waals surface area contributed by atoms with Gasteiger partial charge in [-0.1, -0.05) is 39.7 Å². The molecule has 1 aromatic heterocycles. The number of nitrogens with zero attached hydrogens (tertiary/aromatic N) is 2. The van der Waals surface area contributed by atoms with Crippen LogP contribution in [-0.4, -0.2) is 26.8 Å². The summed E-state index contributed by atoms with van der Waals surface area (Å²) in [7, 11) is 0. The van der Waals surface area contributed by atoms with Crippen LogP contribution in [-0.2, 0) is 6.18 Å². The number of carbonyl (C=O) groups is 2. The highest BCUT2D eigenvalue weighted by Gasteiger charge is 2.37. The molecular weight excluding hydrogens is 525 g/mol. The van der Waals surface area contributed by atoms with Gasteiger partial charge < -0.3 is 5.11 Å². The molecule has 0 bridgehead atoms. The quantitative estimate of drug-likeness (QED) is 0.311. The zero-order chi connectivity index (χ0) is 24.1. The van der Waals surface area contributed by atoms with Gasteiger partial charge in [0.15, 0.2) is 0 Å². The van der Waals surface area contributed by atoms with E-state index < -0.39 is 29.2 Å². The Morgan fingerprint density at radius 1 is 1.09 bits per heavy atom. The van der Waals surface area contributed by atoms with Crippen LogP contribution in [0.3, 0.4) is 0 Å². The van der Waals surface area contributed by atoms with Gasteiger partial charge >= 0.3 is 12.1 Å². The number of hydrogen-bond acceptors (Lipinski definition) is 3. The number of aromatic nitrogens is 2. The Labute approximate surface area is 198 Å². The number of hydrogen-bond donors (Lipinski definition) is 1. The van der Waals surface area contributed by atoms with Crippen molar-refractivity contribution in [2.45, 2.75) is 13.1 Å². The fraction of sp³-hybridized carbons (Fsp3) is 0.0870. The Bertz CT molecular complexity index is 1450. The highest BCUT2D eigenvalue weighted by Crippen LogP contribution is 2.37. The van der Waals surface area contributed by atoms with E-state index in [9.17, 15) is 27.9 Å². The summed E-state index contributed by atoms with van der Waals surface area (Å²) < 4.78 is 42.3. The third-order valence-electron chi connectivity index (χ3n) is 5.10. The summed E-state index contributed by atoms with van der Waals surface area (Å²) in [6.45, 7) is 1.62. The molecular formula is C23H13BrClF3N2O3. The van der Waals surface area contributed by atoms with Gasteiger partial charge in [0.05, 0.1) is 27.2 Å². The predicted molar refractivity (Wildman–Crippen MR) is 121 cm³/mol. The monoisotopic (exact) mass is 536 g/mol. The molecule has 1 N–H and O–H groups in total. The van der Waals surface area contributed by atoms with Gasteiger partial charge in [-0.25, -0.2) is 4.79 Å². The summed E-state index contributed by atoms with van der Waals surface area (Å²) in [4.78, 5) is 24.7. The molecule has 4 aromatic rings. The van der Waals surface area contributed by atoms with Gasteiger partial charge in [0, 0.05) is 15.4 Å². The molecule has 0 spiro atoms. The number of carboxylic acid groups (broad SMARTS) is 1. The first-order chi connectivity index (χ1) is 15.5. The van der Waals surface area contributed by atoms with E-state index in [1.807, 2.05) is 0 Å². The third-order valence-corrected chi connectivity index (χ3v) is 5.91. The average molecular weight is 538 g/mol. The summed E-state index contributed by atoms with van der Waals surface area (Å²) in [6, 6.07) is 12.6. The number of aryl methyl sites for hydroxylation is 1. The fourth-order valence-electron chi connectivity index (χ4n) is 3.59. The first-order valence-electron chi connectivity index (χ1n) is 9.42. The van der Waals surface area contributed by atoms with Crippen LogP contribution in [0.15, 0.2) is 59.1 Å². The van der Waals surface area contributed by atoms with Crippen LogP contribution in [0.4, 0.5) is 13.2 Å². The first-order valence-corrected chi connectivity index (χ1v) is 10.6. The van der Waals surface area contributed by atoms with E-state index in [0.29, 0.717) is 26.7 Å². The highest BCUT2D eigenvalue weighted by molar-refractivity contribution is 9.10. The van der Waals surface area contributed by atoms with Crippen molar-refractivity contribution in [1.82, 2.24) is 9.78 Å². The number of fused-ring (bicyclic) bond motifs is 1. The number of rotatable bonds is 3. The second-order valence-corrected chi connectivity index (χ2v) is 8.54. The smallest absolute Gasteiger partial charge is 0.417 e. The van der Waals surface area contributed by atoms with Crippen LogP contribution in [0.25, 0.3) is 22.2 Å². The van der Waals surface area contributed by atoms with E-state index in [2.05, 4.69) is 21.0 Å². The Balaban J connectivity index is 1.97. The minimum Gasteiger partial charge on any atom is -0.478 e. The largest absolute Gasteiger partial charge is 0.478 e. The van der Waals surface area contributed by atoms with Gasteiger partial charge in [-0.15, -0.1) is 0 Å². The average Bonchev–Trinajstić information content (AvgIpc) is 3.10. The number of halogens is 5. The van der Waals surface area contributed by atoms with Gasteiger partial charge in [0.2, 0.25) is 0 Å². The molecule has 5 nitrogen and oxygen atoms in total. The van der Waals surface area contributed by atoms with Crippen molar-refractivity contribution >= 4 is 50.3 Å². The molecule has 0 amide bonds. The van der Waals surface area contributed by atoms with Crippen LogP contribution in [0.2, 0.25) is 5.02 Å². The standard InChI is InChI=1S/C23H13BrClF3N2O3/c1-11-9-12(5-7-14(11)22(32)33)20-15-8-6-13(24)10-18(15)30(29-20)21(31)19-16(23(26,27)28)3-2-4-17(19)25/h2-10H,1H3,(H,32,33). The zero-order valence-electron chi connectivity index (χ0n) is 16.7. The van der Waals surface area contributed by atoms with E-state index in [4.69, 9.17) is 11.6 Å². The van der Waals surface area contributed by atoms with Crippen LogP contribution in [0.1, 0.15) is 31.8 Å². The maximum atomic E-state index is 13.6. The number of benzene rings is 3. The summed E-state index contributed by atoms with van der Waals surface area (Å²) in [6.07, 6.45) is -4.80. The predicted octanol–water partition coefficient (Wildman–Crippen LogP) is 6.83. The molecule has 0 aliphatic heterocycles. The number of carbonyl (C=O) groups excluding carboxylic acids is 1. The molecule has 0 fully saturated rings. The van der Waals surface area contributed by atoms with E-state index >= 15 is 0 Å². The lowest BCUT2D eigenvalue weighted by Gasteiger charge is -2.13. The molecule has 0 saturated carbocycles. The number of carboxylic acids is 1. The van der Waals surface area contributed by atoms with Crippen molar-refractivity contribution in [3.63, 3.8) is 0 Å². The Morgan fingerprint density at radius 3 is 2.45 bits per heavy atom. The molecule has 0 saturated heterocycles. The third kappa shape index (κ3) is 4.14. The molecule has 168 valence electrons. The van der Waals surface area contributed by atoms with Gasteiger partial charge in [-0.3, -0.25) is 4.79 Å². The maximum Gasteiger partial charge on any atom is 0.417 e. The summed E-state index contributed by atoms with van der Waals surface area (Å²) in [5, 5.41) is 13.8. The molecule has 0 radical (unpaired) electrons. The van der Waals surface area contributed by atoms with Gasteiger partial charge in [0.1, 0.15) is 5.69 Å². The topological polar surface area (TPSA) is 72.2 Å². The lowest BCUT2D eigenvalue weighted by atomic mass is 10.0. The van der Waals surface area contributed by atoms with Crippen LogP contribution in [0.5, 0.6) is 0 Å². The van der Waals surface area contributed by atoms with Crippen LogP contribution >= 0.6 is 27.5 Å². The fourth-order valence-corrected chi connectivity index (χ4v) is 4.19. The normalized spacial score (nSPS) is 11.7. The van der Waals surface area contributed by atoms with Gasteiger partial charge in [0.25, 0.3) is 5.91 Å². The molecule has 3 aromatic carbocycles. The van der Waals surface area contributed by atoms with Crippen molar-refractivity contribution < 1.29 is 27.9 Å². The van der Waals surface area contributed by atoms with Crippen molar-refractivity contribution in [3.8, 4) is 11.3 Å². The van der Waals surface area contributed by atoms with Gasteiger partial charge in [-0.2, -0.15) is 23.0 Å². The molecule has 0 atom stereocenters. The van der Waals surface area contributed by atoms with E-state index in [0.717, 1.165) is 16.8 Å².